The highest BCUT2D eigenvalue weighted by Crippen LogP contribution is 2.15. The van der Waals surface area contributed by atoms with Crippen LogP contribution in [0.15, 0.2) is 24.3 Å². The highest BCUT2D eigenvalue weighted by atomic mass is 35.5. The van der Waals surface area contributed by atoms with Gasteiger partial charge in [0.15, 0.2) is 0 Å². The maximum absolute atomic E-state index is 11.5. The van der Waals surface area contributed by atoms with Gasteiger partial charge in [-0.1, -0.05) is 18.2 Å². The molecule has 18 heavy (non-hydrogen) atoms. The molecule has 1 unspecified atom stereocenters. The summed E-state index contributed by atoms with van der Waals surface area (Å²) < 4.78 is 4.42. The van der Waals surface area contributed by atoms with Crippen LogP contribution in [0.4, 0.5) is 0 Å². The molecule has 1 amide bonds. The smallest absolute Gasteiger partial charge is 0.325 e. The van der Waals surface area contributed by atoms with E-state index in [0.29, 0.717) is 5.56 Å². The van der Waals surface area contributed by atoms with Crippen molar-refractivity contribution in [1.29, 1.82) is 0 Å². The van der Waals surface area contributed by atoms with Gasteiger partial charge in [0.25, 0.3) is 0 Å². The van der Waals surface area contributed by atoms with Crippen molar-refractivity contribution in [3.63, 3.8) is 0 Å². The van der Waals surface area contributed by atoms with E-state index in [1.165, 1.54) is 13.2 Å². The maximum Gasteiger partial charge on any atom is 0.325 e. The summed E-state index contributed by atoms with van der Waals surface area (Å²) in [5.41, 5.74) is 0.513. The predicted octanol–water partition coefficient (Wildman–Crippen LogP) is 0.831. The number of carbonyl (C=O) groups excluding carboxylic acids is 2. The van der Waals surface area contributed by atoms with Gasteiger partial charge in [0, 0.05) is 12.1 Å². The fraction of sp³-hybridized carbons (Fsp3) is 0.333. The lowest BCUT2D eigenvalue weighted by Gasteiger charge is -2.09. The third-order valence-electron chi connectivity index (χ3n) is 2.28. The van der Waals surface area contributed by atoms with E-state index in [1.54, 1.807) is 18.2 Å². The first-order valence-corrected chi connectivity index (χ1v) is 5.73. The Hall–Kier alpha value is -1.75. The number of hydrogen-bond donors (Lipinski definition) is 2. The number of hydrogen-bond acceptors (Lipinski definition) is 4. The van der Waals surface area contributed by atoms with Crippen LogP contribution in [0, 0.1) is 0 Å². The molecular weight excluding hydrogens is 258 g/mol. The Kier molecular flexibility index (Phi) is 5.45. The monoisotopic (exact) mass is 271 g/mol. The van der Waals surface area contributed by atoms with Crippen molar-refractivity contribution in [1.82, 2.24) is 5.32 Å². The maximum atomic E-state index is 11.5. The number of methoxy groups -OCH3 is 1. The number of aromatic hydroxyl groups is 1. The van der Waals surface area contributed by atoms with Crippen molar-refractivity contribution in [2.45, 2.75) is 11.8 Å². The Balaban J connectivity index is 2.43. The van der Waals surface area contributed by atoms with Crippen molar-refractivity contribution in [3.8, 4) is 5.75 Å². The van der Waals surface area contributed by atoms with Crippen LogP contribution in [0.3, 0.4) is 0 Å². The van der Waals surface area contributed by atoms with Gasteiger partial charge in [-0.25, -0.2) is 0 Å². The number of para-hydroxylation sites is 1. The molecule has 0 heterocycles. The van der Waals surface area contributed by atoms with Gasteiger partial charge in [0.1, 0.15) is 11.1 Å². The average molecular weight is 272 g/mol. The van der Waals surface area contributed by atoms with Crippen LogP contribution < -0.4 is 5.32 Å². The Labute approximate surface area is 110 Å². The molecule has 0 fully saturated rings. The summed E-state index contributed by atoms with van der Waals surface area (Å²) in [6.45, 7) is -0.0132. The number of carbonyl (C=O) groups is 2. The molecule has 6 heteroatoms. The topological polar surface area (TPSA) is 75.6 Å². The quantitative estimate of drug-likeness (QED) is 0.614. The lowest BCUT2D eigenvalue weighted by atomic mass is 10.1. The number of nitrogens with one attached hydrogen (secondary N) is 1. The van der Waals surface area contributed by atoms with Gasteiger partial charge in [-0.15, -0.1) is 11.6 Å². The number of esters is 1. The average Bonchev–Trinajstić information content (AvgIpc) is 2.37. The minimum absolute atomic E-state index is 0.0132. The van der Waals surface area contributed by atoms with E-state index in [9.17, 15) is 14.7 Å². The molecule has 1 aromatic rings. The van der Waals surface area contributed by atoms with Gasteiger partial charge < -0.3 is 15.2 Å². The second kappa shape index (κ2) is 6.86. The predicted molar refractivity (Wildman–Crippen MR) is 66.5 cm³/mol. The Bertz CT molecular complexity index is 436. The molecule has 1 rings (SSSR count). The summed E-state index contributed by atoms with van der Waals surface area (Å²) in [6.07, 6.45) is 0.0253. The second-order valence-corrected chi connectivity index (χ2v) is 4.13. The number of halogens is 1. The molecule has 2 N–H and O–H groups in total. The zero-order valence-corrected chi connectivity index (χ0v) is 10.6. The van der Waals surface area contributed by atoms with E-state index in [1.807, 2.05) is 0 Å². The van der Waals surface area contributed by atoms with Crippen molar-refractivity contribution in [2.24, 2.45) is 0 Å². The molecule has 1 atom stereocenters. The van der Waals surface area contributed by atoms with Crippen LogP contribution in [-0.4, -0.2) is 36.0 Å². The SMILES string of the molecule is COC(=O)C(Cl)CNC(=O)Cc1ccccc1O. The van der Waals surface area contributed by atoms with E-state index >= 15 is 0 Å². The fourth-order valence-electron chi connectivity index (χ4n) is 1.31. The van der Waals surface area contributed by atoms with Crippen LogP contribution >= 0.6 is 11.6 Å². The largest absolute Gasteiger partial charge is 0.508 e. The summed E-state index contributed by atoms with van der Waals surface area (Å²) in [7, 11) is 1.22. The zero-order chi connectivity index (χ0) is 13.5. The minimum Gasteiger partial charge on any atom is -0.508 e. The van der Waals surface area contributed by atoms with Crippen molar-refractivity contribution in [2.75, 3.05) is 13.7 Å². The normalized spacial score (nSPS) is 11.7. The number of ether oxygens (including phenoxy) is 1. The Morgan fingerprint density at radius 2 is 2.11 bits per heavy atom. The van der Waals surface area contributed by atoms with Crippen molar-refractivity contribution < 1.29 is 19.4 Å². The summed E-state index contributed by atoms with van der Waals surface area (Å²) in [4.78, 5) is 22.5. The van der Waals surface area contributed by atoms with Crippen LogP contribution in [0.5, 0.6) is 5.75 Å². The van der Waals surface area contributed by atoms with E-state index in [0.717, 1.165) is 0 Å². The number of amides is 1. The van der Waals surface area contributed by atoms with E-state index in [-0.39, 0.29) is 24.6 Å². The summed E-state index contributed by atoms with van der Waals surface area (Å²) >= 11 is 5.67. The van der Waals surface area contributed by atoms with E-state index < -0.39 is 11.3 Å². The Morgan fingerprint density at radius 1 is 1.44 bits per heavy atom. The second-order valence-electron chi connectivity index (χ2n) is 3.60. The van der Waals surface area contributed by atoms with Gasteiger partial charge in [0.05, 0.1) is 13.5 Å². The highest BCUT2D eigenvalue weighted by molar-refractivity contribution is 6.30. The summed E-state index contributed by atoms with van der Waals surface area (Å²) in [6, 6.07) is 6.54. The lowest BCUT2D eigenvalue weighted by molar-refractivity contribution is -0.140. The minimum atomic E-state index is -0.914. The van der Waals surface area contributed by atoms with Crippen LogP contribution in [-0.2, 0) is 20.7 Å². The highest BCUT2D eigenvalue weighted by Gasteiger charge is 2.16. The molecule has 98 valence electrons. The molecule has 0 spiro atoms. The van der Waals surface area contributed by atoms with Gasteiger partial charge in [-0.2, -0.15) is 0 Å². The third kappa shape index (κ3) is 4.25. The molecule has 5 nitrogen and oxygen atoms in total. The zero-order valence-electron chi connectivity index (χ0n) is 9.85. The van der Waals surface area contributed by atoms with Crippen molar-refractivity contribution in [3.05, 3.63) is 29.8 Å². The van der Waals surface area contributed by atoms with E-state index in [4.69, 9.17) is 11.6 Å². The first-order chi connectivity index (χ1) is 8.54. The van der Waals surface area contributed by atoms with E-state index in [2.05, 4.69) is 10.1 Å². The van der Waals surface area contributed by atoms with Crippen LogP contribution in [0.2, 0.25) is 0 Å². The van der Waals surface area contributed by atoms with Gasteiger partial charge in [-0.3, -0.25) is 9.59 Å². The number of alkyl halides is 1. The molecular formula is C12H14ClNO4. The number of rotatable bonds is 5. The van der Waals surface area contributed by atoms with Gasteiger partial charge in [-0.05, 0) is 6.07 Å². The van der Waals surface area contributed by atoms with Gasteiger partial charge in [0.2, 0.25) is 5.91 Å². The van der Waals surface area contributed by atoms with Crippen LogP contribution in [0.25, 0.3) is 0 Å². The first-order valence-electron chi connectivity index (χ1n) is 5.30. The standard InChI is InChI=1S/C12H14ClNO4/c1-18-12(17)9(13)7-14-11(16)6-8-4-2-3-5-10(8)15/h2-5,9,15H,6-7H2,1H3,(H,14,16). The molecule has 0 radical (unpaired) electrons. The summed E-state index contributed by atoms with van der Waals surface area (Å²) in [5.74, 6) is -0.867. The van der Waals surface area contributed by atoms with Gasteiger partial charge >= 0.3 is 5.97 Å². The van der Waals surface area contributed by atoms with Crippen LogP contribution in [0.1, 0.15) is 5.56 Å². The molecule has 1 aromatic carbocycles. The molecule has 0 saturated heterocycles. The molecule has 0 saturated carbocycles. The number of benzene rings is 1. The summed E-state index contributed by atoms with van der Waals surface area (Å²) in [5, 5.41) is 11.1. The fourth-order valence-corrected chi connectivity index (χ4v) is 1.48. The van der Waals surface area contributed by atoms with Crippen molar-refractivity contribution >= 4 is 23.5 Å². The number of phenols is 1. The molecule has 0 aromatic heterocycles. The number of phenolic OH excluding ortho intramolecular Hbond substituents is 1. The molecule has 0 aliphatic carbocycles. The third-order valence-corrected chi connectivity index (χ3v) is 2.61. The lowest BCUT2D eigenvalue weighted by Crippen LogP contribution is -2.35. The molecule has 0 aliphatic rings. The molecule has 0 bridgehead atoms. The molecule has 0 aliphatic heterocycles. The Morgan fingerprint density at radius 3 is 2.72 bits per heavy atom. The first kappa shape index (κ1) is 14.3.